The number of anilines is 1. The van der Waals surface area contributed by atoms with Gasteiger partial charge < -0.3 is 10.5 Å². The third-order valence-corrected chi connectivity index (χ3v) is 2.36. The van der Waals surface area contributed by atoms with Gasteiger partial charge in [-0.3, -0.25) is 0 Å². The zero-order valence-corrected chi connectivity index (χ0v) is 9.26. The van der Waals surface area contributed by atoms with Gasteiger partial charge >= 0.3 is 0 Å². The number of hydrogen-bond acceptors (Lipinski definition) is 3. The van der Waals surface area contributed by atoms with Crippen molar-refractivity contribution in [1.82, 2.24) is 9.78 Å². The highest BCUT2D eigenvalue weighted by molar-refractivity contribution is 5.27. The van der Waals surface area contributed by atoms with E-state index < -0.39 is 0 Å². The summed E-state index contributed by atoms with van der Waals surface area (Å²) in [4.78, 5) is 0. The van der Waals surface area contributed by atoms with Gasteiger partial charge in [-0.15, -0.1) is 0 Å². The van der Waals surface area contributed by atoms with Crippen LogP contribution in [-0.2, 0) is 13.2 Å². The number of nitrogen functional groups attached to an aromatic ring is 1. The van der Waals surface area contributed by atoms with Crippen LogP contribution in [0.15, 0.2) is 36.5 Å². The zero-order chi connectivity index (χ0) is 11.4. The lowest BCUT2D eigenvalue weighted by molar-refractivity contribution is 0.221. The first kappa shape index (κ1) is 10.5. The quantitative estimate of drug-likeness (QED) is 0.852. The molecule has 16 heavy (non-hydrogen) atoms. The predicted octanol–water partition coefficient (Wildman–Crippen LogP) is 2.06. The summed E-state index contributed by atoms with van der Waals surface area (Å²) < 4.78 is 7.21. The van der Waals surface area contributed by atoms with E-state index in [1.165, 1.54) is 5.56 Å². The Balaban J connectivity index is 1.94. The number of ether oxygens (including phenoxy) is 1. The Morgan fingerprint density at radius 2 is 2.00 bits per heavy atom. The van der Waals surface area contributed by atoms with Crippen LogP contribution in [0.25, 0.3) is 0 Å². The van der Waals surface area contributed by atoms with Crippen molar-refractivity contribution in [1.29, 1.82) is 0 Å². The first-order valence-electron chi connectivity index (χ1n) is 5.28. The summed E-state index contributed by atoms with van der Waals surface area (Å²) in [6, 6.07) is 9.79. The van der Waals surface area contributed by atoms with E-state index in [1.807, 2.05) is 12.1 Å². The Morgan fingerprint density at radius 1 is 1.25 bits per heavy atom. The van der Waals surface area contributed by atoms with E-state index in [-0.39, 0.29) is 0 Å². The fourth-order valence-corrected chi connectivity index (χ4v) is 1.41. The molecule has 4 nitrogen and oxygen atoms in total. The summed E-state index contributed by atoms with van der Waals surface area (Å²) in [6.45, 7) is 2.51. The Kier molecular flexibility index (Phi) is 3.10. The number of nitrogens with two attached hydrogens (primary N) is 1. The predicted molar refractivity (Wildman–Crippen MR) is 63.1 cm³/mol. The summed E-state index contributed by atoms with van der Waals surface area (Å²) in [6.07, 6.45) is 2.83. The summed E-state index contributed by atoms with van der Waals surface area (Å²) in [7, 11) is 0. The lowest BCUT2D eigenvalue weighted by Gasteiger charge is -2.06. The maximum absolute atomic E-state index is 5.55. The van der Waals surface area contributed by atoms with Crippen LogP contribution < -0.4 is 10.5 Å². The fraction of sp³-hybridized carbons (Fsp3) is 0.250. The molecule has 0 saturated heterocycles. The topological polar surface area (TPSA) is 53.1 Å². The number of aryl methyl sites for hydroxylation is 1. The largest absolute Gasteiger partial charge is 0.471 e. The molecule has 0 radical (unpaired) electrons. The van der Waals surface area contributed by atoms with Crippen LogP contribution in [0.2, 0.25) is 0 Å². The van der Waals surface area contributed by atoms with Gasteiger partial charge in [0.1, 0.15) is 11.6 Å². The third-order valence-electron chi connectivity index (χ3n) is 2.36. The van der Waals surface area contributed by atoms with Crippen molar-refractivity contribution in [2.45, 2.75) is 20.1 Å². The molecule has 0 atom stereocenters. The molecule has 1 heterocycles. The smallest absolute Gasteiger partial charge is 0.180 e. The zero-order valence-electron chi connectivity index (χ0n) is 9.26. The van der Waals surface area contributed by atoms with Crippen LogP contribution in [0.1, 0.15) is 12.5 Å². The SMILES string of the molecule is CCc1ccc(OCn2ccc(N)n2)cc1. The van der Waals surface area contributed by atoms with Crippen LogP contribution >= 0.6 is 0 Å². The van der Waals surface area contributed by atoms with Gasteiger partial charge in [-0.25, -0.2) is 4.68 Å². The van der Waals surface area contributed by atoms with Gasteiger partial charge in [-0.1, -0.05) is 19.1 Å². The van der Waals surface area contributed by atoms with E-state index in [1.54, 1.807) is 16.9 Å². The van der Waals surface area contributed by atoms with Gasteiger partial charge in [-0.05, 0) is 24.1 Å². The maximum atomic E-state index is 5.55. The monoisotopic (exact) mass is 217 g/mol. The first-order valence-corrected chi connectivity index (χ1v) is 5.28. The number of hydrogen-bond donors (Lipinski definition) is 1. The van der Waals surface area contributed by atoms with Crippen LogP contribution in [0.5, 0.6) is 5.75 Å². The maximum Gasteiger partial charge on any atom is 0.180 e. The van der Waals surface area contributed by atoms with Crippen molar-refractivity contribution in [3.8, 4) is 5.75 Å². The third kappa shape index (κ3) is 2.53. The first-order chi connectivity index (χ1) is 7.78. The van der Waals surface area contributed by atoms with Gasteiger partial charge in [-0.2, -0.15) is 5.10 Å². The molecule has 2 N–H and O–H groups in total. The average molecular weight is 217 g/mol. The highest BCUT2D eigenvalue weighted by atomic mass is 16.5. The molecule has 0 saturated carbocycles. The summed E-state index contributed by atoms with van der Waals surface area (Å²) >= 11 is 0. The van der Waals surface area contributed by atoms with Crippen LogP contribution in [0.3, 0.4) is 0 Å². The molecule has 2 aromatic rings. The second-order valence-corrected chi connectivity index (χ2v) is 3.55. The molecular formula is C12H15N3O. The number of nitrogens with zero attached hydrogens (tertiary/aromatic N) is 2. The van der Waals surface area contributed by atoms with Gasteiger partial charge in [0.25, 0.3) is 0 Å². The van der Waals surface area contributed by atoms with E-state index in [2.05, 4.69) is 24.2 Å². The molecule has 0 aliphatic heterocycles. The van der Waals surface area contributed by atoms with E-state index in [0.29, 0.717) is 12.5 Å². The molecule has 84 valence electrons. The molecule has 0 amide bonds. The number of aromatic nitrogens is 2. The molecule has 0 aliphatic carbocycles. The molecule has 0 fully saturated rings. The van der Waals surface area contributed by atoms with Crippen molar-refractivity contribution < 1.29 is 4.74 Å². The second kappa shape index (κ2) is 4.70. The van der Waals surface area contributed by atoms with E-state index in [0.717, 1.165) is 12.2 Å². The molecule has 2 rings (SSSR count). The van der Waals surface area contributed by atoms with E-state index >= 15 is 0 Å². The lowest BCUT2D eigenvalue weighted by atomic mass is 10.2. The molecular weight excluding hydrogens is 202 g/mol. The van der Waals surface area contributed by atoms with Crippen molar-refractivity contribution in [3.63, 3.8) is 0 Å². The molecule has 0 spiro atoms. The highest BCUT2D eigenvalue weighted by Gasteiger charge is 1.96. The van der Waals surface area contributed by atoms with Crippen molar-refractivity contribution in [2.24, 2.45) is 0 Å². The average Bonchev–Trinajstić information content (AvgIpc) is 2.73. The Bertz CT molecular complexity index is 448. The van der Waals surface area contributed by atoms with Gasteiger partial charge in [0.2, 0.25) is 0 Å². The Hall–Kier alpha value is -1.97. The normalized spacial score (nSPS) is 10.3. The van der Waals surface area contributed by atoms with Crippen molar-refractivity contribution in [3.05, 3.63) is 42.1 Å². The molecule has 0 aliphatic rings. The second-order valence-electron chi connectivity index (χ2n) is 3.55. The molecule has 1 aromatic heterocycles. The van der Waals surface area contributed by atoms with Crippen LogP contribution in [-0.4, -0.2) is 9.78 Å². The van der Waals surface area contributed by atoms with Crippen molar-refractivity contribution in [2.75, 3.05) is 5.73 Å². The number of benzene rings is 1. The van der Waals surface area contributed by atoms with Crippen molar-refractivity contribution >= 4 is 5.82 Å². The van der Waals surface area contributed by atoms with Gasteiger partial charge in [0, 0.05) is 12.3 Å². The molecule has 4 heteroatoms. The molecule has 0 bridgehead atoms. The minimum atomic E-state index is 0.378. The van der Waals surface area contributed by atoms with Crippen LogP contribution in [0, 0.1) is 0 Å². The van der Waals surface area contributed by atoms with E-state index in [9.17, 15) is 0 Å². The molecule has 1 aromatic carbocycles. The van der Waals surface area contributed by atoms with Gasteiger partial charge in [0.05, 0.1) is 0 Å². The van der Waals surface area contributed by atoms with E-state index in [4.69, 9.17) is 10.5 Å². The Morgan fingerprint density at radius 3 is 2.56 bits per heavy atom. The Labute approximate surface area is 94.6 Å². The summed E-state index contributed by atoms with van der Waals surface area (Å²) in [5, 5.41) is 4.03. The van der Waals surface area contributed by atoms with Crippen LogP contribution in [0.4, 0.5) is 5.82 Å². The summed E-state index contributed by atoms with van der Waals surface area (Å²) in [5.41, 5.74) is 6.80. The number of rotatable bonds is 4. The minimum Gasteiger partial charge on any atom is -0.471 e. The minimum absolute atomic E-state index is 0.378. The lowest BCUT2D eigenvalue weighted by Crippen LogP contribution is -2.06. The highest BCUT2D eigenvalue weighted by Crippen LogP contribution is 2.13. The standard InChI is InChI=1S/C12H15N3O/c1-2-10-3-5-11(6-4-10)16-9-15-8-7-12(13)14-15/h3-8H,2,9H2,1H3,(H2,13,14). The summed E-state index contributed by atoms with van der Waals surface area (Å²) in [5.74, 6) is 1.34. The van der Waals surface area contributed by atoms with Gasteiger partial charge in [0.15, 0.2) is 6.73 Å². The fourth-order valence-electron chi connectivity index (χ4n) is 1.41. The molecule has 0 unspecified atom stereocenters.